The molecule has 0 saturated carbocycles. The highest BCUT2D eigenvalue weighted by atomic mass is 35.5. The number of esters is 1. The predicted octanol–water partition coefficient (Wildman–Crippen LogP) is 5.54. The van der Waals surface area contributed by atoms with Crippen molar-refractivity contribution in [2.24, 2.45) is 0 Å². The summed E-state index contributed by atoms with van der Waals surface area (Å²) in [5.41, 5.74) is 4.27. The summed E-state index contributed by atoms with van der Waals surface area (Å²) in [5, 5.41) is 4.09. The van der Waals surface area contributed by atoms with Crippen molar-refractivity contribution in [2.75, 3.05) is 14.2 Å². The summed E-state index contributed by atoms with van der Waals surface area (Å²) < 4.78 is 10.3. The Kier molecular flexibility index (Phi) is 6.31. The fraction of sp³-hybridized carbons (Fsp3) is 0.280. The first-order valence-electron chi connectivity index (χ1n) is 10.2. The molecule has 0 saturated heterocycles. The number of ketones is 1. The summed E-state index contributed by atoms with van der Waals surface area (Å²) in [6.07, 6.45) is 0.995. The van der Waals surface area contributed by atoms with E-state index in [0.29, 0.717) is 39.7 Å². The van der Waals surface area contributed by atoms with Gasteiger partial charge in [-0.1, -0.05) is 41.4 Å². The van der Waals surface area contributed by atoms with E-state index in [1.54, 1.807) is 25.3 Å². The van der Waals surface area contributed by atoms with E-state index in [9.17, 15) is 9.59 Å². The van der Waals surface area contributed by atoms with Gasteiger partial charge in [-0.05, 0) is 54.7 Å². The van der Waals surface area contributed by atoms with Crippen molar-refractivity contribution in [3.63, 3.8) is 0 Å². The van der Waals surface area contributed by atoms with Crippen LogP contribution in [0.3, 0.4) is 0 Å². The van der Waals surface area contributed by atoms with Crippen LogP contribution in [-0.4, -0.2) is 26.0 Å². The second kappa shape index (κ2) is 9.00. The Morgan fingerprint density at radius 1 is 1.00 bits per heavy atom. The van der Waals surface area contributed by atoms with Gasteiger partial charge in [0.05, 0.1) is 29.8 Å². The number of methoxy groups -OCH3 is 2. The van der Waals surface area contributed by atoms with Crippen LogP contribution in [0.4, 0.5) is 0 Å². The SMILES string of the molecule is COC(=O)C1=C(C)NC2=C(C(=O)CC(c3ccc(OC)cc3)C2)C1c1ccc(Cl)c(Cl)c1. The molecule has 7 heteroatoms. The minimum absolute atomic E-state index is 0.00968. The van der Waals surface area contributed by atoms with E-state index in [2.05, 4.69) is 5.32 Å². The van der Waals surface area contributed by atoms with E-state index >= 15 is 0 Å². The van der Waals surface area contributed by atoms with Gasteiger partial charge < -0.3 is 14.8 Å². The Morgan fingerprint density at radius 3 is 2.31 bits per heavy atom. The van der Waals surface area contributed by atoms with Crippen molar-refractivity contribution < 1.29 is 19.1 Å². The topological polar surface area (TPSA) is 64.6 Å². The lowest BCUT2D eigenvalue weighted by molar-refractivity contribution is -0.136. The zero-order valence-corrected chi connectivity index (χ0v) is 19.5. The average molecular weight is 472 g/mol. The molecule has 2 aliphatic rings. The number of carbonyl (C=O) groups is 2. The lowest BCUT2D eigenvalue weighted by atomic mass is 9.72. The summed E-state index contributed by atoms with van der Waals surface area (Å²) in [4.78, 5) is 26.2. The molecule has 0 bridgehead atoms. The van der Waals surface area contributed by atoms with Crippen LogP contribution >= 0.6 is 23.2 Å². The van der Waals surface area contributed by atoms with Crippen molar-refractivity contribution >= 4 is 35.0 Å². The maximum absolute atomic E-state index is 13.5. The van der Waals surface area contributed by atoms with Crippen LogP contribution in [0.25, 0.3) is 0 Å². The average Bonchev–Trinajstić information content (AvgIpc) is 2.79. The summed E-state index contributed by atoms with van der Waals surface area (Å²) in [7, 11) is 2.96. The van der Waals surface area contributed by atoms with Gasteiger partial charge in [0.15, 0.2) is 5.78 Å². The Labute approximate surface area is 197 Å². The van der Waals surface area contributed by atoms with Gasteiger partial charge in [-0.15, -0.1) is 0 Å². The number of halogens is 2. The molecule has 2 aromatic carbocycles. The van der Waals surface area contributed by atoms with Gasteiger partial charge in [0.1, 0.15) is 5.75 Å². The number of carbonyl (C=O) groups excluding carboxylic acids is 2. The molecule has 32 heavy (non-hydrogen) atoms. The number of hydrogen-bond acceptors (Lipinski definition) is 5. The number of allylic oxidation sites excluding steroid dienone is 3. The van der Waals surface area contributed by atoms with Crippen molar-refractivity contribution in [3.8, 4) is 5.75 Å². The Morgan fingerprint density at radius 2 is 1.69 bits per heavy atom. The van der Waals surface area contributed by atoms with Crippen LogP contribution in [0, 0.1) is 0 Å². The molecule has 1 aliphatic carbocycles. The monoisotopic (exact) mass is 471 g/mol. The molecule has 2 aromatic rings. The third kappa shape index (κ3) is 4.03. The van der Waals surface area contributed by atoms with Crippen LogP contribution in [-0.2, 0) is 14.3 Å². The second-order valence-electron chi connectivity index (χ2n) is 7.96. The Balaban J connectivity index is 1.79. The quantitative estimate of drug-likeness (QED) is 0.593. The van der Waals surface area contributed by atoms with Crippen molar-refractivity contribution in [1.82, 2.24) is 5.32 Å². The molecule has 0 amide bonds. The molecule has 4 rings (SSSR count). The highest BCUT2D eigenvalue weighted by Gasteiger charge is 2.41. The van der Waals surface area contributed by atoms with Gasteiger partial charge in [0.2, 0.25) is 0 Å². The zero-order valence-electron chi connectivity index (χ0n) is 18.0. The molecule has 2 atom stereocenters. The molecule has 5 nitrogen and oxygen atoms in total. The van der Waals surface area contributed by atoms with Crippen LogP contribution in [0.15, 0.2) is 65.0 Å². The van der Waals surface area contributed by atoms with Crippen LogP contribution in [0.5, 0.6) is 5.75 Å². The van der Waals surface area contributed by atoms with Crippen LogP contribution in [0.2, 0.25) is 10.0 Å². The summed E-state index contributed by atoms with van der Waals surface area (Å²) >= 11 is 12.4. The number of rotatable bonds is 4. The molecule has 1 N–H and O–H groups in total. The maximum Gasteiger partial charge on any atom is 0.336 e. The van der Waals surface area contributed by atoms with Gasteiger partial charge in [-0.3, -0.25) is 4.79 Å². The smallest absolute Gasteiger partial charge is 0.336 e. The Hall–Kier alpha value is -2.76. The zero-order chi connectivity index (χ0) is 23.0. The fourth-order valence-corrected chi connectivity index (χ4v) is 4.86. The molecule has 166 valence electrons. The third-order valence-corrected chi connectivity index (χ3v) is 6.84. The van der Waals surface area contributed by atoms with E-state index in [-0.39, 0.29) is 11.7 Å². The van der Waals surface area contributed by atoms with Gasteiger partial charge in [0.25, 0.3) is 0 Å². The molecule has 2 unspecified atom stereocenters. The van der Waals surface area contributed by atoms with Crippen molar-refractivity contribution in [2.45, 2.75) is 31.6 Å². The lowest BCUT2D eigenvalue weighted by Crippen LogP contribution is -2.36. The molecule has 0 radical (unpaired) electrons. The first-order valence-corrected chi connectivity index (χ1v) is 11.0. The van der Waals surface area contributed by atoms with Crippen molar-refractivity contribution in [3.05, 3.63) is 86.2 Å². The molecular weight excluding hydrogens is 449 g/mol. The standard InChI is InChI=1S/C25H23Cl2NO4/c1-13-22(25(30)32-3)23(15-6-9-18(26)19(27)10-15)24-20(28-13)11-16(12-21(24)29)14-4-7-17(31-2)8-5-14/h4-10,16,23,28H,11-12H2,1-3H3. The van der Waals surface area contributed by atoms with Crippen molar-refractivity contribution in [1.29, 1.82) is 0 Å². The first-order chi connectivity index (χ1) is 15.3. The minimum Gasteiger partial charge on any atom is -0.497 e. The van der Waals surface area contributed by atoms with E-state index in [1.807, 2.05) is 31.2 Å². The lowest BCUT2D eigenvalue weighted by Gasteiger charge is -2.36. The summed E-state index contributed by atoms with van der Waals surface area (Å²) in [5.74, 6) is -0.264. The maximum atomic E-state index is 13.5. The van der Waals surface area contributed by atoms with Crippen LogP contribution < -0.4 is 10.1 Å². The number of benzene rings is 2. The molecule has 0 fully saturated rings. The van der Waals surface area contributed by atoms with Gasteiger partial charge >= 0.3 is 5.97 Å². The summed E-state index contributed by atoms with van der Waals surface area (Å²) in [6.45, 7) is 1.82. The molecule has 0 spiro atoms. The van der Waals surface area contributed by atoms with Gasteiger partial charge in [-0.25, -0.2) is 4.79 Å². The van der Waals surface area contributed by atoms with Gasteiger partial charge in [-0.2, -0.15) is 0 Å². The second-order valence-corrected chi connectivity index (χ2v) is 8.77. The molecule has 1 heterocycles. The molecule has 1 aliphatic heterocycles. The minimum atomic E-state index is -0.571. The van der Waals surface area contributed by atoms with E-state index in [0.717, 1.165) is 22.6 Å². The molecule has 0 aromatic heterocycles. The van der Waals surface area contributed by atoms with E-state index in [4.69, 9.17) is 32.7 Å². The highest BCUT2D eigenvalue weighted by Crippen LogP contribution is 2.46. The Bertz CT molecular complexity index is 1150. The highest BCUT2D eigenvalue weighted by molar-refractivity contribution is 6.42. The number of nitrogens with one attached hydrogen (secondary N) is 1. The van der Waals surface area contributed by atoms with E-state index < -0.39 is 11.9 Å². The largest absolute Gasteiger partial charge is 0.497 e. The first kappa shape index (κ1) is 22.4. The normalized spacial score (nSPS) is 20.6. The number of ether oxygens (including phenoxy) is 2. The third-order valence-electron chi connectivity index (χ3n) is 6.10. The van der Waals surface area contributed by atoms with Gasteiger partial charge in [0, 0.05) is 29.3 Å². The number of Topliss-reactive ketones (excluding diaryl/α,β-unsaturated/α-hetero) is 1. The predicted molar refractivity (Wildman–Crippen MR) is 124 cm³/mol. The van der Waals surface area contributed by atoms with Crippen LogP contribution in [0.1, 0.15) is 42.7 Å². The molecular formula is C25H23Cl2NO4. The van der Waals surface area contributed by atoms with E-state index in [1.165, 1.54) is 7.11 Å². The fourth-order valence-electron chi connectivity index (χ4n) is 4.56. The number of dihydropyridines is 1. The number of hydrogen-bond donors (Lipinski definition) is 1. The summed E-state index contributed by atoms with van der Waals surface area (Å²) in [6, 6.07) is 13.0.